The highest BCUT2D eigenvalue weighted by molar-refractivity contribution is 5.87. The fraction of sp³-hybridized carbons (Fsp3) is 0.654. The molecule has 0 spiro atoms. The third kappa shape index (κ3) is 6.60. The molecule has 4 heteroatoms. The minimum atomic E-state index is -0.863. The Morgan fingerprint density at radius 1 is 1.13 bits per heavy atom. The molecule has 1 aromatic rings. The standard InChI is InChI=1S/C26H40O4/c1-4-5-6-8-15-26(2,3)21-13-14-22(24(28)18-21)23-17-20(25(29)30)12-11-19(23)10-7-9-16-27/h12-14,18-19,23,27-28H,4-11,15-17H2,1-3H3,(H,29,30)/t19-,23-/m1/s1. The predicted molar refractivity (Wildman–Crippen MR) is 122 cm³/mol. The molecule has 1 aliphatic rings. The van der Waals surface area contributed by atoms with Gasteiger partial charge in [-0.2, -0.15) is 0 Å². The van der Waals surface area contributed by atoms with Gasteiger partial charge in [-0.1, -0.05) is 71.1 Å². The normalized spacial score (nSPS) is 19.5. The van der Waals surface area contributed by atoms with Crippen molar-refractivity contribution in [2.45, 2.75) is 96.3 Å². The summed E-state index contributed by atoms with van der Waals surface area (Å²) >= 11 is 0. The minimum Gasteiger partial charge on any atom is -0.508 e. The maximum absolute atomic E-state index is 11.6. The topological polar surface area (TPSA) is 77.8 Å². The second-order valence-corrected chi connectivity index (χ2v) is 9.53. The lowest BCUT2D eigenvalue weighted by Crippen LogP contribution is -2.21. The number of carboxylic acids is 1. The molecule has 0 saturated heterocycles. The molecule has 0 unspecified atom stereocenters. The average Bonchev–Trinajstić information content (AvgIpc) is 2.71. The van der Waals surface area contributed by atoms with Crippen molar-refractivity contribution in [2.24, 2.45) is 5.92 Å². The maximum Gasteiger partial charge on any atom is 0.331 e. The van der Waals surface area contributed by atoms with Crippen molar-refractivity contribution >= 4 is 5.97 Å². The Morgan fingerprint density at radius 2 is 1.90 bits per heavy atom. The molecule has 0 heterocycles. The maximum atomic E-state index is 11.6. The first-order valence-corrected chi connectivity index (χ1v) is 11.7. The van der Waals surface area contributed by atoms with Crippen molar-refractivity contribution < 1.29 is 20.1 Å². The Hall–Kier alpha value is -1.81. The lowest BCUT2D eigenvalue weighted by Gasteiger charge is -2.32. The molecule has 0 fully saturated rings. The first kappa shape index (κ1) is 24.5. The van der Waals surface area contributed by atoms with Crippen LogP contribution in [0.2, 0.25) is 0 Å². The van der Waals surface area contributed by atoms with Gasteiger partial charge in [0.15, 0.2) is 0 Å². The molecule has 4 nitrogen and oxygen atoms in total. The molecule has 168 valence electrons. The number of carboxylic acid groups (broad SMARTS) is 1. The number of phenols is 1. The van der Waals surface area contributed by atoms with E-state index in [0.717, 1.165) is 36.8 Å². The van der Waals surface area contributed by atoms with E-state index in [1.54, 1.807) is 0 Å². The molecule has 0 aliphatic heterocycles. The summed E-state index contributed by atoms with van der Waals surface area (Å²) in [6.45, 7) is 6.87. The zero-order valence-electron chi connectivity index (χ0n) is 19.0. The highest BCUT2D eigenvalue weighted by atomic mass is 16.4. The van der Waals surface area contributed by atoms with Crippen molar-refractivity contribution in [1.82, 2.24) is 0 Å². The largest absolute Gasteiger partial charge is 0.508 e. The van der Waals surface area contributed by atoms with Gasteiger partial charge in [0.1, 0.15) is 5.75 Å². The van der Waals surface area contributed by atoms with Crippen LogP contribution in [0.1, 0.15) is 102 Å². The van der Waals surface area contributed by atoms with Crippen molar-refractivity contribution in [3.8, 4) is 5.75 Å². The summed E-state index contributed by atoms with van der Waals surface area (Å²) in [5.74, 6) is -0.281. The number of unbranched alkanes of at least 4 members (excludes halogenated alkanes) is 4. The summed E-state index contributed by atoms with van der Waals surface area (Å²) in [5, 5.41) is 29.5. The molecular formula is C26H40O4. The van der Waals surface area contributed by atoms with E-state index >= 15 is 0 Å². The van der Waals surface area contributed by atoms with Gasteiger partial charge < -0.3 is 15.3 Å². The second-order valence-electron chi connectivity index (χ2n) is 9.53. The minimum absolute atomic E-state index is 0.00140. The Morgan fingerprint density at radius 3 is 2.53 bits per heavy atom. The van der Waals surface area contributed by atoms with Gasteiger partial charge in [-0.05, 0) is 66.5 Å². The Labute approximate surface area is 182 Å². The van der Waals surface area contributed by atoms with E-state index in [9.17, 15) is 15.0 Å². The number of carbonyl (C=O) groups is 1. The van der Waals surface area contributed by atoms with Crippen LogP contribution in [0.15, 0.2) is 29.8 Å². The Balaban J connectivity index is 2.20. The van der Waals surface area contributed by atoms with Gasteiger partial charge in [-0.25, -0.2) is 4.79 Å². The Bertz CT molecular complexity index is 720. The van der Waals surface area contributed by atoms with E-state index in [4.69, 9.17) is 5.11 Å². The number of hydrogen-bond acceptors (Lipinski definition) is 3. The zero-order chi connectivity index (χ0) is 22.1. The summed E-state index contributed by atoms with van der Waals surface area (Å²) in [4.78, 5) is 11.6. The van der Waals surface area contributed by atoms with Crippen LogP contribution in [0, 0.1) is 5.92 Å². The molecule has 0 aromatic heterocycles. The fourth-order valence-corrected chi connectivity index (χ4v) is 4.74. The van der Waals surface area contributed by atoms with Crippen molar-refractivity contribution in [1.29, 1.82) is 0 Å². The van der Waals surface area contributed by atoms with E-state index in [1.807, 2.05) is 18.2 Å². The monoisotopic (exact) mass is 416 g/mol. The number of aromatic hydroxyl groups is 1. The van der Waals surface area contributed by atoms with Crippen LogP contribution in [-0.4, -0.2) is 27.9 Å². The summed E-state index contributed by atoms with van der Waals surface area (Å²) in [7, 11) is 0. The molecule has 2 atom stereocenters. The molecule has 0 radical (unpaired) electrons. The third-order valence-corrected chi connectivity index (χ3v) is 6.80. The first-order valence-electron chi connectivity index (χ1n) is 11.7. The fourth-order valence-electron chi connectivity index (χ4n) is 4.74. The van der Waals surface area contributed by atoms with Gasteiger partial charge in [0.05, 0.1) is 0 Å². The summed E-state index contributed by atoms with van der Waals surface area (Å²) in [6.07, 6.45) is 11.6. The number of aliphatic carboxylic acids is 1. The van der Waals surface area contributed by atoms with Gasteiger partial charge in [0.25, 0.3) is 0 Å². The molecule has 0 bridgehead atoms. The molecule has 2 rings (SSSR count). The highest BCUT2D eigenvalue weighted by Crippen LogP contribution is 2.44. The smallest absolute Gasteiger partial charge is 0.331 e. The van der Waals surface area contributed by atoms with E-state index in [2.05, 4.69) is 26.8 Å². The van der Waals surface area contributed by atoms with E-state index in [0.29, 0.717) is 24.3 Å². The molecule has 3 N–H and O–H groups in total. The number of benzene rings is 1. The number of aliphatic hydroxyl groups excluding tert-OH is 1. The Kier molecular flexibility index (Phi) is 9.41. The van der Waals surface area contributed by atoms with Crippen molar-refractivity contribution in [2.75, 3.05) is 6.61 Å². The second kappa shape index (κ2) is 11.5. The van der Waals surface area contributed by atoms with Crippen LogP contribution < -0.4 is 0 Å². The number of aliphatic hydroxyl groups is 1. The average molecular weight is 417 g/mol. The number of allylic oxidation sites excluding steroid dienone is 1. The van der Waals surface area contributed by atoms with E-state index in [-0.39, 0.29) is 23.7 Å². The van der Waals surface area contributed by atoms with E-state index < -0.39 is 5.97 Å². The summed E-state index contributed by atoms with van der Waals surface area (Å²) in [6, 6.07) is 6.05. The first-order chi connectivity index (χ1) is 14.3. The van der Waals surface area contributed by atoms with Gasteiger partial charge in [0, 0.05) is 12.2 Å². The number of hydrogen-bond donors (Lipinski definition) is 3. The lowest BCUT2D eigenvalue weighted by atomic mass is 9.72. The van der Waals surface area contributed by atoms with Crippen LogP contribution in [0.25, 0.3) is 0 Å². The third-order valence-electron chi connectivity index (χ3n) is 6.80. The van der Waals surface area contributed by atoms with Gasteiger partial charge in [-0.15, -0.1) is 0 Å². The summed E-state index contributed by atoms with van der Waals surface area (Å²) in [5.41, 5.74) is 2.45. The van der Waals surface area contributed by atoms with Crippen molar-refractivity contribution in [3.63, 3.8) is 0 Å². The molecular weight excluding hydrogens is 376 g/mol. The van der Waals surface area contributed by atoms with Gasteiger partial charge in [0.2, 0.25) is 0 Å². The zero-order valence-corrected chi connectivity index (χ0v) is 19.0. The van der Waals surface area contributed by atoms with Gasteiger partial charge >= 0.3 is 5.97 Å². The SMILES string of the molecule is CCCCCCC(C)(C)c1ccc([C@@H]2CC(C(=O)O)=CC[C@H]2CCCCO)c(O)c1. The quantitative estimate of drug-likeness (QED) is 0.349. The molecule has 1 aliphatic carbocycles. The molecule has 0 saturated carbocycles. The highest BCUT2D eigenvalue weighted by Gasteiger charge is 2.31. The summed E-state index contributed by atoms with van der Waals surface area (Å²) < 4.78 is 0. The number of rotatable bonds is 12. The number of phenolic OH excluding ortho intramolecular Hbond substituents is 1. The molecule has 1 aromatic carbocycles. The van der Waals surface area contributed by atoms with Gasteiger partial charge in [-0.3, -0.25) is 0 Å². The van der Waals surface area contributed by atoms with Crippen LogP contribution in [-0.2, 0) is 10.2 Å². The lowest BCUT2D eigenvalue weighted by molar-refractivity contribution is -0.133. The van der Waals surface area contributed by atoms with Crippen LogP contribution >= 0.6 is 0 Å². The van der Waals surface area contributed by atoms with Crippen LogP contribution in [0.3, 0.4) is 0 Å². The molecule has 0 amide bonds. The van der Waals surface area contributed by atoms with Crippen LogP contribution in [0.5, 0.6) is 5.75 Å². The van der Waals surface area contributed by atoms with Crippen LogP contribution in [0.4, 0.5) is 0 Å². The molecule has 30 heavy (non-hydrogen) atoms. The van der Waals surface area contributed by atoms with Crippen molar-refractivity contribution in [3.05, 3.63) is 41.0 Å². The predicted octanol–water partition coefficient (Wildman–Crippen LogP) is 6.31. The van der Waals surface area contributed by atoms with E-state index in [1.165, 1.54) is 25.7 Å².